The molecule has 0 radical (unpaired) electrons. The highest BCUT2D eigenvalue weighted by molar-refractivity contribution is 5.24. The van der Waals surface area contributed by atoms with Crippen LogP contribution in [0.4, 0.5) is 0 Å². The summed E-state index contributed by atoms with van der Waals surface area (Å²) in [5.41, 5.74) is 9.06. The number of hydrogen-bond acceptors (Lipinski definition) is 3. The number of nitrogens with zero attached hydrogens (tertiary/aromatic N) is 2. The quantitative estimate of drug-likeness (QED) is 0.893. The highest BCUT2D eigenvalue weighted by Crippen LogP contribution is 2.40. The maximum atomic E-state index is 6.59. The molecule has 1 aliphatic carbocycles. The molecular formula is C15H25N3. The second kappa shape index (κ2) is 5.37. The van der Waals surface area contributed by atoms with Crippen LogP contribution in [-0.2, 0) is 0 Å². The molecule has 0 amide bonds. The zero-order valence-corrected chi connectivity index (χ0v) is 11.8. The zero-order valence-electron chi connectivity index (χ0n) is 11.8. The molecule has 0 bridgehead atoms. The molecule has 2 rings (SSSR count). The topological polar surface area (TPSA) is 42.1 Å². The summed E-state index contributed by atoms with van der Waals surface area (Å²) in [5.74, 6) is 0. The van der Waals surface area contributed by atoms with Gasteiger partial charge in [-0.15, -0.1) is 0 Å². The van der Waals surface area contributed by atoms with Gasteiger partial charge in [0.25, 0.3) is 0 Å². The zero-order chi connectivity index (χ0) is 13.2. The molecule has 100 valence electrons. The maximum Gasteiger partial charge on any atom is 0.0497 e. The van der Waals surface area contributed by atoms with E-state index in [-0.39, 0.29) is 11.6 Å². The van der Waals surface area contributed by atoms with E-state index in [0.717, 1.165) is 0 Å². The Kier molecular flexibility index (Phi) is 4.03. The summed E-state index contributed by atoms with van der Waals surface area (Å²) in [6.07, 6.45) is 10.1. The van der Waals surface area contributed by atoms with Crippen molar-refractivity contribution in [2.75, 3.05) is 14.1 Å². The minimum atomic E-state index is 0.0557. The second-order valence-corrected chi connectivity index (χ2v) is 5.83. The Hall–Kier alpha value is -0.930. The SMILES string of the molecule is Cc1cncc(C(N)C2(N(C)C)CCCCC2)c1. The molecular weight excluding hydrogens is 222 g/mol. The molecule has 0 aromatic carbocycles. The molecule has 1 fully saturated rings. The van der Waals surface area contributed by atoms with Crippen LogP contribution < -0.4 is 5.73 Å². The number of rotatable bonds is 3. The van der Waals surface area contributed by atoms with Gasteiger partial charge in [0.15, 0.2) is 0 Å². The molecule has 3 heteroatoms. The summed E-state index contributed by atoms with van der Waals surface area (Å²) in [6, 6.07) is 2.23. The molecule has 1 aromatic rings. The summed E-state index contributed by atoms with van der Waals surface area (Å²) < 4.78 is 0. The first kappa shape index (κ1) is 13.5. The summed E-state index contributed by atoms with van der Waals surface area (Å²) in [7, 11) is 4.32. The predicted octanol–water partition coefficient (Wildman–Crippen LogP) is 2.65. The highest BCUT2D eigenvalue weighted by atomic mass is 15.2. The summed E-state index contributed by atoms with van der Waals surface area (Å²) in [4.78, 5) is 6.62. The number of aromatic nitrogens is 1. The van der Waals surface area contributed by atoms with E-state index in [2.05, 4.69) is 37.0 Å². The van der Waals surface area contributed by atoms with Gasteiger partial charge in [0, 0.05) is 24.0 Å². The third kappa shape index (κ3) is 2.43. The van der Waals surface area contributed by atoms with Crippen LogP contribution in [0.3, 0.4) is 0 Å². The Labute approximate surface area is 110 Å². The first-order valence-corrected chi connectivity index (χ1v) is 6.91. The van der Waals surface area contributed by atoms with Crippen molar-refractivity contribution < 1.29 is 0 Å². The van der Waals surface area contributed by atoms with Crippen LogP contribution in [0.5, 0.6) is 0 Å². The highest BCUT2D eigenvalue weighted by Gasteiger charge is 2.40. The van der Waals surface area contributed by atoms with Crippen LogP contribution in [0.25, 0.3) is 0 Å². The molecule has 1 aliphatic rings. The molecule has 18 heavy (non-hydrogen) atoms. The van der Waals surface area contributed by atoms with Crippen LogP contribution in [0.2, 0.25) is 0 Å². The van der Waals surface area contributed by atoms with E-state index in [1.165, 1.54) is 43.2 Å². The van der Waals surface area contributed by atoms with Gasteiger partial charge >= 0.3 is 0 Å². The molecule has 1 unspecified atom stereocenters. The largest absolute Gasteiger partial charge is 0.322 e. The van der Waals surface area contributed by atoms with E-state index in [0.29, 0.717) is 0 Å². The lowest BCUT2D eigenvalue weighted by Crippen LogP contribution is -2.53. The van der Waals surface area contributed by atoms with E-state index in [9.17, 15) is 0 Å². The average Bonchev–Trinajstić information content (AvgIpc) is 2.38. The van der Waals surface area contributed by atoms with Crippen molar-refractivity contribution in [3.05, 3.63) is 29.6 Å². The number of hydrogen-bond donors (Lipinski definition) is 1. The molecule has 2 N–H and O–H groups in total. The number of pyridine rings is 1. The van der Waals surface area contributed by atoms with Gasteiger partial charge in [-0.3, -0.25) is 4.98 Å². The van der Waals surface area contributed by atoms with Crippen molar-refractivity contribution >= 4 is 0 Å². The van der Waals surface area contributed by atoms with Crippen molar-refractivity contribution in [3.63, 3.8) is 0 Å². The molecule has 1 atom stereocenters. The Morgan fingerprint density at radius 1 is 1.22 bits per heavy atom. The monoisotopic (exact) mass is 247 g/mol. The van der Waals surface area contributed by atoms with Gasteiger partial charge in [0.1, 0.15) is 0 Å². The van der Waals surface area contributed by atoms with Crippen molar-refractivity contribution in [1.82, 2.24) is 9.88 Å². The van der Waals surface area contributed by atoms with Crippen LogP contribution >= 0.6 is 0 Å². The second-order valence-electron chi connectivity index (χ2n) is 5.83. The van der Waals surface area contributed by atoms with Crippen LogP contribution in [-0.4, -0.2) is 29.5 Å². The number of nitrogens with two attached hydrogens (primary N) is 1. The van der Waals surface area contributed by atoms with Crippen LogP contribution in [0.15, 0.2) is 18.5 Å². The number of likely N-dealkylation sites (N-methyl/N-ethyl adjacent to an activating group) is 1. The standard InChI is InChI=1S/C15H25N3/c1-12-9-13(11-17-10-12)14(16)15(18(2)3)7-5-4-6-8-15/h9-11,14H,4-8,16H2,1-3H3. The average molecular weight is 247 g/mol. The van der Waals surface area contributed by atoms with Gasteiger partial charge in [0.2, 0.25) is 0 Å². The molecule has 0 spiro atoms. The van der Waals surface area contributed by atoms with Crippen LogP contribution in [0, 0.1) is 6.92 Å². The fraction of sp³-hybridized carbons (Fsp3) is 0.667. The fourth-order valence-electron chi connectivity index (χ4n) is 3.26. The van der Waals surface area contributed by atoms with Gasteiger partial charge in [-0.05, 0) is 45.0 Å². The Morgan fingerprint density at radius 2 is 1.89 bits per heavy atom. The third-order valence-electron chi connectivity index (χ3n) is 4.44. The maximum absolute atomic E-state index is 6.59. The molecule has 1 aromatic heterocycles. The molecule has 1 saturated carbocycles. The van der Waals surface area contributed by atoms with Gasteiger partial charge in [-0.1, -0.05) is 25.3 Å². The van der Waals surface area contributed by atoms with E-state index in [1.807, 2.05) is 12.4 Å². The summed E-state index contributed by atoms with van der Waals surface area (Å²) >= 11 is 0. The van der Waals surface area contributed by atoms with Gasteiger partial charge in [-0.2, -0.15) is 0 Å². The fourth-order valence-corrected chi connectivity index (χ4v) is 3.26. The smallest absolute Gasteiger partial charge is 0.0497 e. The summed E-state index contributed by atoms with van der Waals surface area (Å²) in [5, 5.41) is 0. The van der Waals surface area contributed by atoms with Crippen molar-refractivity contribution in [2.45, 2.75) is 50.6 Å². The van der Waals surface area contributed by atoms with Crippen molar-refractivity contribution in [3.8, 4) is 0 Å². The van der Waals surface area contributed by atoms with E-state index in [1.54, 1.807) is 0 Å². The number of aryl methyl sites for hydroxylation is 1. The van der Waals surface area contributed by atoms with E-state index < -0.39 is 0 Å². The molecule has 3 nitrogen and oxygen atoms in total. The lowest BCUT2D eigenvalue weighted by atomic mass is 9.73. The molecule has 0 aliphatic heterocycles. The Balaban J connectivity index is 2.31. The van der Waals surface area contributed by atoms with Gasteiger partial charge in [0.05, 0.1) is 0 Å². The first-order chi connectivity index (χ1) is 8.56. The normalized spacial score (nSPS) is 20.9. The van der Waals surface area contributed by atoms with Crippen LogP contribution in [0.1, 0.15) is 49.3 Å². The first-order valence-electron chi connectivity index (χ1n) is 6.91. The van der Waals surface area contributed by atoms with E-state index >= 15 is 0 Å². The molecule has 0 saturated heterocycles. The van der Waals surface area contributed by atoms with Gasteiger partial charge < -0.3 is 10.6 Å². The molecule has 1 heterocycles. The van der Waals surface area contributed by atoms with Gasteiger partial charge in [-0.25, -0.2) is 0 Å². The third-order valence-corrected chi connectivity index (χ3v) is 4.44. The Bertz CT molecular complexity index is 394. The lowest BCUT2D eigenvalue weighted by Gasteiger charge is -2.47. The predicted molar refractivity (Wildman–Crippen MR) is 75.4 cm³/mol. The van der Waals surface area contributed by atoms with E-state index in [4.69, 9.17) is 5.73 Å². The lowest BCUT2D eigenvalue weighted by molar-refractivity contribution is 0.0712. The Morgan fingerprint density at radius 3 is 2.44 bits per heavy atom. The minimum Gasteiger partial charge on any atom is -0.322 e. The summed E-state index contributed by atoms with van der Waals surface area (Å²) in [6.45, 7) is 2.08. The minimum absolute atomic E-state index is 0.0557. The van der Waals surface area contributed by atoms with Crippen molar-refractivity contribution in [2.24, 2.45) is 5.73 Å². The van der Waals surface area contributed by atoms with Crippen molar-refractivity contribution in [1.29, 1.82) is 0 Å².